The molecule has 1 atom stereocenters. The first-order valence-corrected chi connectivity index (χ1v) is 6.29. The van der Waals surface area contributed by atoms with Gasteiger partial charge in [0, 0.05) is 8.04 Å². The average Bonchev–Trinajstić information content (AvgIpc) is 2.74. The molecule has 1 heterocycles. The quantitative estimate of drug-likeness (QED) is 0.810. The molecule has 0 aliphatic heterocycles. The highest BCUT2D eigenvalue weighted by Gasteiger charge is 2.14. The number of hydrogen-bond acceptors (Lipinski definition) is 2. The third-order valence-corrected chi connectivity index (χ3v) is 3.54. The zero-order valence-corrected chi connectivity index (χ0v) is 11.5. The summed E-state index contributed by atoms with van der Waals surface area (Å²) in [5, 5.41) is 0. The molecule has 0 radical (unpaired) electrons. The molecule has 0 aliphatic carbocycles. The van der Waals surface area contributed by atoms with Gasteiger partial charge in [-0.25, -0.2) is 0 Å². The molecule has 0 fully saturated rings. The fraction of sp³-hybridized carbons (Fsp3) is 0.0909. The number of nitrogens with two attached hydrogens (primary N) is 1. The van der Waals surface area contributed by atoms with E-state index in [0.29, 0.717) is 0 Å². The molecule has 1 unspecified atom stereocenters. The first-order valence-electron chi connectivity index (χ1n) is 4.42. The third kappa shape index (κ3) is 2.43. The molecule has 1 aromatic heterocycles. The van der Waals surface area contributed by atoms with Crippen molar-refractivity contribution in [3.63, 3.8) is 0 Å². The normalized spacial score (nSPS) is 12.7. The van der Waals surface area contributed by atoms with Gasteiger partial charge in [-0.1, -0.05) is 15.9 Å². The van der Waals surface area contributed by atoms with Gasteiger partial charge in [0.1, 0.15) is 5.76 Å². The Bertz CT molecular complexity index is 456. The standard InChI is InChI=1S/C11H9BrINO/c12-9-4-3-7(13)6-8(9)11(14)10-2-1-5-15-10/h1-6,11H,14H2. The molecule has 4 heteroatoms. The van der Waals surface area contributed by atoms with Crippen LogP contribution < -0.4 is 5.73 Å². The molecule has 0 bridgehead atoms. The van der Waals surface area contributed by atoms with Crippen LogP contribution in [0.2, 0.25) is 0 Å². The van der Waals surface area contributed by atoms with Crippen LogP contribution in [0.5, 0.6) is 0 Å². The van der Waals surface area contributed by atoms with E-state index >= 15 is 0 Å². The largest absolute Gasteiger partial charge is 0.467 e. The first-order chi connectivity index (χ1) is 7.18. The van der Waals surface area contributed by atoms with Gasteiger partial charge in [0.2, 0.25) is 0 Å². The first kappa shape index (κ1) is 11.2. The summed E-state index contributed by atoms with van der Waals surface area (Å²) in [6, 6.07) is 9.60. The van der Waals surface area contributed by atoms with Crippen molar-refractivity contribution < 1.29 is 4.42 Å². The second-order valence-corrected chi connectivity index (χ2v) is 5.26. The van der Waals surface area contributed by atoms with E-state index in [9.17, 15) is 0 Å². The molecule has 1 aromatic carbocycles. The van der Waals surface area contributed by atoms with Crippen molar-refractivity contribution in [1.29, 1.82) is 0 Å². The maximum Gasteiger partial charge on any atom is 0.125 e. The van der Waals surface area contributed by atoms with Crippen molar-refractivity contribution in [3.05, 3.63) is 56.0 Å². The van der Waals surface area contributed by atoms with E-state index < -0.39 is 0 Å². The van der Waals surface area contributed by atoms with Crippen LogP contribution >= 0.6 is 38.5 Å². The van der Waals surface area contributed by atoms with Gasteiger partial charge in [0.15, 0.2) is 0 Å². The highest BCUT2D eigenvalue weighted by molar-refractivity contribution is 14.1. The molecule has 0 saturated heterocycles. The van der Waals surface area contributed by atoms with Crippen molar-refractivity contribution in [2.75, 3.05) is 0 Å². The molecular weight excluding hydrogens is 369 g/mol. The van der Waals surface area contributed by atoms with Crippen molar-refractivity contribution in [1.82, 2.24) is 0 Å². The molecule has 0 amide bonds. The van der Waals surface area contributed by atoms with Crippen LogP contribution in [0.3, 0.4) is 0 Å². The topological polar surface area (TPSA) is 39.2 Å². The summed E-state index contributed by atoms with van der Waals surface area (Å²) < 4.78 is 7.46. The molecule has 2 rings (SSSR count). The molecule has 0 aliphatic rings. The number of rotatable bonds is 2. The van der Waals surface area contributed by atoms with Gasteiger partial charge in [0.05, 0.1) is 12.3 Å². The summed E-state index contributed by atoms with van der Waals surface area (Å²) >= 11 is 5.76. The summed E-state index contributed by atoms with van der Waals surface area (Å²) in [5.74, 6) is 0.776. The van der Waals surface area contributed by atoms with E-state index in [0.717, 1.165) is 19.4 Å². The molecule has 2 aromatic rings. The Morgan fingerprint density at radius 2 is 2.13 bits per heavy atom. The summed E-state index contributed by atoms with van der Waals surface area (Å²) in [6.07, 6.45) is 1.64. The number of benzene rings is 1. The minimum atomic E-state index is -0.218. The Kier molecular flexibility index (Phi) is 3.48. The average molecular weight is 378 g/mol. The van der Waals surface area contributed by atoms with Crippen molar-refractivity contribution >= 4 is 38.5 Å². The lowest BCUT2D eigenvalue weighted by Gasteiger charge is -2.11. The SMILES string of the molecule is NC(c1ccco1)c1cc(I)ccc1Br. The lowest BCUT2D eigenvalue weighted by Crippen LogP contribution is -2.11. The van der Waals surface area contributed by atoms with Gasteiger partial charge in [0.25, 0.3) is 0 Å². The minimum absolute atomic E-state index is 0.218. The Morgan fingerprint density at radius 3 is 2.80 bits per heavy atom. The van der Waals surface area contributed by atoms with Gasteiger partial charge >= 0.3 is 0 Å². The van der Waals surface area contributed by atoms with E-state index in [2.05, 4.69) is 44.6 Å². The monoisotopic (exact) mass is 377 g/mol. The van der Waals surface area contributed by atoms with E-state index in [-0.39, 0.29) is 6.04 Å². The van der Waals surface area contributed by atoms with Crippen LogP contribution in [0.1, 0.15) is 17.4 Å². The van der Waals surface area contributed by atoms with Crippen LogP contribution in [-0.2, 0) is 0 Å². The third-order valence-electron chi connectivity index (χ3n) is 2.14. The second kappa shape index (κ2) is 4.67. The Hall–Kier alpha value is -0.330. The zero-order chi connectivity index (χ0) is 10.8. The Labute approximate surface area is 110 Å². The minimum Gasteiger partial charge on any atom is -0.467 e. The van der Waals surface area contributed by atoms with Gasteiger partial charge in [-0.3, -0.25) is 0 Å². The predicted molar refractivity (Wildman–Crippen MR) is 71.6 cm³/mol. The highest BCUT2D eigenvalue weighted by Crippen LogP contribution is 2.28. The van der Waals surface area contributed by atoms with E-state index in [1.165, 1.54) is 0 Å². The Morgan fingerprint density at radius 1 is 1.33 bits per heavy atom. The zero-order valence-electron chi connectivity index (χ0n) is 7.78. The smallest absolute Gasteiger partial charge is 0.125 e. The summed E-state index contributed by atoms with van der Waals surface area (Å²) in [4.78, 5) is 0. The van der Waals surface area contributed by atoms with Gasteiger partial charge in [-0.15, -0.1) is 0 Å². The van der Waals surface area contributed by atoms with Crippen LogP contribution in [0, 0.1) is 3.57 Å². The maximum absolute atomic E-state index is 6.10. The van der Waals surface area contributed by atoms with Crippen LogP contribution in [0.15, 0.2) is 45.5 Å². The van der Waals surface area contributed by atoms with E-state index in [1.807, 2.05) is 24.3 Å². The molecule has 78 valence electrons. The predicted octanol–water partition coefficient (Wildman–Crippen LogP) is 3.69. The molecular formula is C11H9BrINO. The molecule has 2 nitrogen and oxygen atoms in total. The number of hydrogen-bond donors (Lipinski definition) is 1. The van der Waals surface area contributed by atoms with E-state index in [1.54, 1.807) is 6.26 Å². The van der Waals surface area contributed by atoms with Crippen molar-refractivity contribution in [3.8, 4) is 0 Å². The van der Waals surface area contributed by atoms with Crippen LogP contribution in [0.4, 0.5) is 0 Å². The summed E-state index contributed by atoms with van der Waals surface area (Å²) in [5.41, 5.74) is 7.14. The molecule has 0 saturated carbocycles. The molecule has 2 N–H and O–H groups in total. The van der Waals surface area contributed by atoms with E-state index in [4.69, 9.17) is 10.2 Å². The van der Waals surface area contributed by atoms with Crippen LogP contribution in [-0.4, -0.2) is 0 Å². The number of furan rings is 1. The molecule has 0 spiro atoms. The number of halogens is 2. The van der Waals surface area contributed by atoms with Gasteiger partial charge in [-0.05, 0) is 58.5 Å². The van der Waals surface area contributed by atoms with Crippen molar-refractivity contribution in [2.45, 2.75) is 6.04 Å². The lowest BCUT2D eigenvalue weighted by atomic mass is 10.1. The Balaban J connectivity index is 2.41. The fourth-order valence-corrected chi connectivity index (χ4v) is 2.38. The second-order valence-electron chi connectivity index (χ2n) is 3.16. The lowest BCUT2D eigenvalue weighted by molar-refractivity contribution is 0.489. The maximum atomic E-state index is 6.10. The fourth-order valence-electron chi connectivity index (χ4n) is 1.37. The van der Waals surface area contributed by atoms with Gasteiger partial charge in [-0.2, -0.15) is 0 Å². The van der Waals surface area contributed by atoms with Crippen molar-refractivity contribution in [2.24, 2.45) is 5.73 Å². The highest BCUT2D eigenvalue weighted by atomic mass is 127. The summed E-state index contributed by atoms with van der Waals surface area (Å²) in [6.45, 7) is 0. The molecule has 15 heavy (non-hydrogen) atoms. The van der Waals surface area contributed by atoms with Gasteiger partial charge < -0.3 is 10.2 Å². The summed E-state index contributed by atoms with van der Waals surface area (Å²) in [7, 11) is 0. The van der Waals surface area contributed by atoms with Crippen LogP contribution in [0.25, 0.3) is 0 Å².